The fourth-order valence-corrected chi connectivity index (χ4v) is 3.81. The molecule has 0 N–H and O–H groups in total. The summed E-state index contributed by atoms with van der Waals surface area (Å²) in [6.45, 7) is 0.403. The van der Waals surface area contributed by atoms with Crippen molar-refractivity contribution >= 4 is 29.0 Å². The number of hydrogen-bond donors (Lipinski definition) is 0. The molecule has 0 aromatic heterocycles. The smallest absolute Gasteiger partial charge is 0.293 e. The molecular weight excluding hydrogens is 420 g/mol. The summed E-state index contributed by atoms with van der Waals surface area (Å²) in [5.74, 6) is -0.417. The Morgan fingerprint density at radius 3 is 2.00 bits per heavy atom. The van der Waals surface area contributed by atoms with Gasteiger partial charge in [0, 0.05) is 0 Å². The highest BCUT2D eigenvalue weighted by Crippen LogP contribution is 2.33. The van der Waals surface area contributed by atoms with Crippen LogP contribution in [0.5, 0.6) is 5.75 Å². The van der Waals surface area contributed by atoms with E-state index in [4.69, 9.17) is 4.74 Å². The molecule has 1 aliphatic rings. The number of ether oxygens (including phenoxy) is 1. The monoisotopic (exact) mass is 437 g/mol. The van der Waals surface area contributed by atoms with E-state index in [9.17, 15) is 18.4 Å². The molecule has 4 nitrogen and oxygen atoms in total. The third-order valence-corrected chi connectivity index (χ3v) is 5.53. The zero-order valence-corrected chi connectivity index (χ0v) is 17.1. The molecule has 1 fully saturated rings. The Morgan fingerprint density at radius 2 is 1.39 bits per heavy atom. The first kappa shape index (κ1) is 20.8. The molecule has 0 unspecified atom stereocenters. The second-order valence-electron chi connectivity index (χ2n) is 6.88. The van der Waals surface area contributed by atoms with Gasteiger partial charge >= 0.3 is 0 Å². The van der Waals surface area contributed by atoms with Crippen LogP contribution in [0.1, 0.15) is 16.7 Å². The second-order valence-corrected chi connectivity index (χ2v) is 7.87. The number of nitrogens with zero attached hydrogens (tertiary/aromatic N) is 1. The number of hydrogen-bond acceptors (Lipinski definition) is 4. The van der Waals surface area contributed by atoms with Crippen LogP contribution in [0.3, 0.4) is 0 Å². The molecule has 1 aliphatic heterocycles. The van der Waals surface area contributed by atoms with Crippen LogP contribution in [-0.4, -0.2) is 16.0 Å². The normalized spacial score (nSPS) is 15.0. The van der Waals surface area contributed by atoms with Gasteiger partial charge in [0.2, 0.25) is 0 Å². The summed E-state index contributed by atoms with van der Waals surface area (Å²) in [7, 11) is 0. The summed E-state index contributed by atoms with van der Waals surface area (Å²) in [6, 6.07) is 18.9. The first-order chi connectivity index (χ1) is 15.0. The number of amides is 2. The molecule has 31 heavy (non-hydrogen) atoms. The van der Waals surface area contributed by atoms with E-state index < -0.39 is 0 Å². The lowest BCUT2D eigenvalue weighted by Crippen LogP contribution is -2.27. The van der Waals surface area contributed by atoms with Crippen molar-refractivity contribution in [3.05, 3.63) is 106 Å². The van der Waals surface area contributed by atoms with Crippen LogP contribution in [0.15, 0.2) is 77.7 Å². The minimum atomic E-state index is -0.379. The van der Waals surface area contributed by atoms with Crippen molar-refractivity contribution in [3.8, 4) is 5.75 Å². The van der Waals surface area contributed by atoms with Gasteiger partial charge in [0.1, 0.15) is 24.0 Å². The quantitative estimate of drug-likeness (QED) is 0.459. The summed E-state index contributed by atoms with van der Waals surface area (Å²) in [6.07, 6.45) is 1.65. The lowest BCUT2D eigenvalue weighted by atomic mass is 10.2. The summed E-state index contributed by atoms with van der Waals surface area (Å²) < 4.78 is 31.7. The predicted octanol–water partition coefficient (Wildman–Crippen LogP) is 5.78. The third kappa shape index (κ3) is 5.19. The van der Waals surface area contributed by atoms with Gasteiger partial charge in [-0.1, -0.05) is 36.4 Å². The van der Waals surface area contributed by atoms with Crippen molar-refractivity contribution in [1.82, 2.24) is 4.90 Å². The van der Waals surface area contributed by atoms with Crippen LogP contribution in [0.2, 0.25) is 0 Å². The van der Waals surface area contributed by atoms with Gasteiger partial charge in [-0.15, -0.1) is 0 Å². The number of carbonyl (C=O) groups is 2. The van der Waals surface area contributed by atoms with Crippen molar-refractivity contribution in [2.24, 2.45) is 0 Å². The molecule has 7 heteroatoms. The van der Waals surface area contributed by atoms with Crippen molar-refractivity contribution in [1.29, 1.82) is 0 Å². The van der Waals surface area contributed by atoms with Gasteiger partial charge in [0.05, 0.1) is 11.4 Å². The Kier molecular flexibility index (Phi) is 6.13. The average molecular weight is 437 g/mol. The van der Waals surface area contributed by atoms with Gasteiger partial charge < -0.3 is 4.74 Å². The highest BCUT2D eigenvalue weighted by molar-refractivity contribution is 8.18. The molecule has 2 amide bonds. The van der Waals surface area contributed by atoms with Crippen molar-refractivity contribution in [3.63, 3.8) is 0 Å². The van der Waals surface area contributed by atoms with E-state index >= 15 is 0 Å². The van der Waals surface area contributed by atoms with E-state index in [0.29, 0.717) is 22.8 Å². The van der Waals surface area contributed by atoms with Crippen molar-refractivity contribution in [2.45, 2.75) is 13.2 Å². The maximum absolute atomic E-state index is 13.1. The van der Waals surface area contributed by atoms with Crippen LogP contribution in [0.25, 0.3) is 6.08 Å². The van der Waals surface area contributed by atoms with Crippen LogP contribution >= 0.6 is 11.8 Å². The molecule has 0 radical (unpaired) electrons. The molecule has 156 valence electrons. The molecule has 3 aromatic carbocycles. The van der Waals surface area contributed by atoms with E-state index in [1.165, 1.54) is 24.3 Å². The van der Waals surface area contributed by atoms with Gasteiger partial charge in [-0.2, -0.15) is 0 Å². The Bertz CT molecular complexity index is 1130. The minimum absolute atomic E-state index is 0.0957. The second kappa shape index (κ2) is 9.14. The largest absolute Gasteiger partial charge is 0.489 e. The van der Waals surface area contributed by atoms with E-state index in [-0.39, 0.29) is 29.3 Å². The average Bonchev–Trinajstić information content (AvgIpc) is 3.03. The molecule has 0 saturated carbocycles. The fourth-order valence-electron chi connectivity index (χ4n) is 2.97. The standard InChI is InChI=1S/C24H17F2NO3S/c25-19-7-1-17(2-8-19)14-27-23(28)22(31-24(27)29)13-16-5-11-21(12-6-16)30-15-18-3-9-20(26)10-4-18/h1-13H,14-15H2/b22-13-. The maximum Gasteiger partial charge on any atom is 0.293 e. The maximum atomic E-state index is 13.1. The lowest BCUT2D eigenvalue weighted by Gasteiger charge is -2.12. The van der Waals surface area contributed by atoms with Crippen LogP contribution in [0.4, 0.5) is 13.6 Å². The summed E-state index contributed by atoms with van der Waals surface area (Å²) in [5, 5.41) is -0.361. The molecule has 4 rings (SSSR count). The molecule has 0 spiro atoms. The van der Waals surface area contributed by atoms with Gasteiger partial charge in [0.25, 0.3) is 11.1 Å². The van der Waals surface area contributed by atoms with E-state index in [1.54, 1.807) is 54.6 Å². The number of benzene rings is 3. The molecule has 3 aromatic rings. The third-order valence-electron chi connectivity index (χ3n) is 4.62. The topological polar surface area (TPSA) is 46.6 Å². The van der Waals surface area contributed by atoms with E-state index in [1.807, 2.05) is 0 Å². The Morgan fingerprint density at radius 1 is 0.806 bits per heavy atom. The Hall–Kier alpha value is -3.45. The molecular formula is C24H17F2NO3S. The van der Waals surface area contributed by atoms with Gasteiger partial charge in [0.15, 0.2) is 0 Å². The summed E-state index contributed by atoms with van der Waals surface area (Å²) in [4.78, 5) is 26.4. The van der Waals surface area contributed by atoms with Gasteiger partial charge in [-0.25, -0.2) is 8.78 Å². The zero-order valence-electron chi connectivity index (χ0n) is 16.3. The first-order valence-electron chi connectivity index (χ1n) is 9.45. The zero-order chi connectivity index (χ0) is 21.8. The number of halogens is 2. The summed E-state index contributed by atoms with van der Waals surface area (Å²) >= 11 is 0.874. The Labute approximate surface area is 182 Å². The van der Waals surface area contributed by atoms with Crippen LogP contribution in [-0.2, 0) is 17.9 Å². The number of rotatable bonds is 6. The van der Waals surface area contributed by atoms with Crippen molar-refractivity contribution in [2.75, 3.05) is 0 Å². The van der Waals surface area contributed by atoms with Crippen LogP contribution in [0, 0.1) is 11.6 Å². The van der Waals surface area contributed by atoms with E-state index in [2.05, 4.69) is 0 Å². The number of imide groups is 1. The molecule has 1 heterocycles. The first-order valence-corrected chi connectivity index (χ1v) is 10.3. The predicted molar refractivity (Wildman–Crippen MR) is 115 cm³/mol. The van der Waals surface area contributed by atoms with Crippen molar-refractivity contribution < 1.29 is 23.1 Å². The van der Waals surface area contributed by atoms with Crippen LogP contribution < -0.4 is 4.74 Å². The number of thioether (sulfide) groups is 1. The molecule has 0 bridgehead atoms. The lowest BCUT2D eigenvalue weighted by molar-refractivity contribution is -0.123. The van der Waals surface area contributed by atoms with E-state index in [0.717, 1.165) is 27.8 Å². The highest BCUT2D eigenvalue weighted by atomic mass is 32.2. The van der Waals surface area contributed by atoms with Gasteiger partial charge in [-0.3, -0.25) is 14.5 Å². The Balaban J connectivity index is 1.39. The summed E-state index contributed by atoms with van der Waals surface area (Å²) in [5.41, 5.74) is 2.27. The highest BCUT2D eigenvalue weighted by Gasteiger charge is 2.34. The number of carbonyl (C=O) groups excluding carboxylic acids is 2. The minimum Gasteiger partial charge on any atom is -0.489 e. The molecule has 1 saturated heterocycles. The van der Waals surface area contributed by atoms with Gasteiger partial charge in [-0.05, 0) is 70.9 Å². The molecule has 0 atom stereocenters. The fraction of sp³-hybridized carbons (Fsp3) is 0.0833. The molecule has 0 aliphatic carbocycles. The SMILES string of the molecule is O=C1S/C(=C\c2ccc(OCc3ccc(F)cc3)cc2)C(=O)N1Cc1ccc(F)cc1.